The van der Waals surface area contributed by atoms with Crippen molar-refractivity contribution in [3.05, 3.63) is 23.7 Å². The van der Waals surface area contributed by atoms with E-state index in [0.717, 1.165) is 17.5 Å². The number of carbonyl (C=O) groups is 1. The fourth-order valence-corrected chi connectivity index (χ4v) is 2.37. The van der Waals surface area contributed by atoms with E-state index in [1.165, 1.54) is 0 Å². The summed E-state index contributed by atoms with van der Waals surface area (Å²) in [6, 6.07) is 0. The van der Waals surface area contributed by atoms with Crippen LogP contribution in [0.1, 0.15) is 29.9 Å². The number of hydrogen-bond acceptors (Lipinski definition) is 3. The number of Topliss-reactive ketones (excluding diaryl/α,β-unsaturated/α-hetero) is 1. The van der Waals surface area contributed by atoms with Crippen LogP contribution in [-0.2, 0) is 9.53 Å². The van der Waals surface area contributed by atoms with E-state index in [-0.39, 0.29) is 5.92 Å². The zero-order valence-electron chi connectivity index (χ0n) is 9.16. The van der Waals surface area contributed by atoms with E-state index in [1.54, 1.807) is 19.6 Å². The summed E-state index contributed by atoms with van der Waals surface area (Å²) in [5.74, 6) is 0.729. The minimum Gasteiger partial charge on any atom is -0.472 e. The van der Waals surface area contributed by atoms with Crippen LogP contribution < -0.4 is 0 Å². The Balaban J connectivity index is 2.12. The quantitative estimate of drug-likeness (QED) is 0.765. The van der Waals surface area contributed by atoms with E-state index in [9.17, 15) is 4.79 Å². The predicted octanol–water partition coefficient (Wildman–Crippen LogP) is 2.30. The van der Waals surface area contributed by atoms with Crippen molar-refractivity contribution < 1.29 is 13.9 Å². The van der Waals surface area contributed by atoms with Gasteiger partial charge >= 0.3 is 0 Å². The highest BCUT2D eigenvalue weighted by atomic mass is 16.5. The summed E-state index contributed by atoms with van der Waals surface area (Å²) in [6.45, 7) is 2.66. The van der Waals surface area contributed by atoms with E-state index in [2.05, 4.69) is 0 Å². The van der Waals surface area contributed by atoms with Gasteiger partial charge in [0.15, 0.2) is 0 Å². The monoisotopic (exact) mass is 208 g/mol. The van der Waals surface area contributed by atoms with Crippen molar-refractivity contribution in [3.8, 4) is 0 Å². The van der Waals surface area contributed by atoms with Gasteiger partial charge in [-0.2, -0.15) is 0 Å². The molecule has 2 unspecified atom stereocenters. The fraction of sp³-hybridized carbons (Fsp3) is 0.583. The molecule has 3 nitrogen and oxygen atoms in total. The Kier molecular flexibility index (Phi) is 2.91. The Labute approximate surface area is 89.4 Å². The summed E-state index contributed by atoms with van der Waals surface area (Å²) in [7, 11) is 1.68. The van der Waals surface area contributed by atoms with Crippen molar-refractivity contribution in [2.45, 2.75) is 25.7 Å². The molecule has 0 aromatic carbocycles. The molecule has 3 heteroatoms. The minimum atomic E-state index is 0.0314. The van der Waals surface area contributed by atoms with Crippen LogP contribution in [0, 0.1) is 12.8 Å². The molecule has 0 N–H and O–H groups in total. The highest BCUT2D eigenvalue weighted by Crippen LogP contribution is 2.37. The average molecular weight is 208 g/mol. The molecule has 1 aromatic heterocycles. The average Bonchev–Trinajstić information content (AvgIpc) is 2.73. The van der Waals surface area contributed by atoms with Crippen molar-refractivity contribution in [2.24, 2.45) is 5.92 Å². The van der Waals surface area contributed by atoms with Crippen LogP contribution >= 0.6 is 0 Å². The molecule has 15 heavy (non-hydrogen) atoms. The van der Waals surface area contributed by atoms with Crippen LogP contribution in [0.3, 0.4) is 0 Å². The third-order valence-corrected chi connectivity index (χ3v) is 3.12. The molecule has 82 valence electrons. The third-order valence-electron chi connectivity index (χ3n) is 3.12. The van der Waals surface area contributed by atoms with Crippen LogP contribution in [0.5, 0.6) is 0 Å². The second kappa shape index (κ2) is 4.19. The van der Waals surface area contributed by atoms with Crippen molar-refractivity contribution in [3.63, 3.8) is 0 Å². The number of aryl methyl sites for hydroxylation is 1. The molecule has 0 aliphatic heterocycles. The summed E-state index contributed by atoms with van der Waals surface area (Å²) in [4.78, 5) is 11.8. The molecule has 0 saturated heterocycles. The number of furan rings is 1. The number of rotatable bonds is 3. The molecular weight excluding hydrogens is 192 g/mol. The van der Waals surface area contributed by atoms with E-state index in [1.807, 2.05) is 6.92 Å². The number of ether oxygens (including phenoxy) is 1. The van der Waals surface area contributed by atoms with Gasteiger partial charge in [0.1, 0.15) is 5.78 Å². The molecule has 1 aliphatic carbocycles. The Morgan fingerprint density at radius 1 is 1.53 bits per heavy atom. The molecular formula is C12H16O3. The van der Waals surface area contributed by atoms with Gasteiger partial charge in [0.25, 0.3) is 0 Å². The van der Waals surface area contributed by atoms with Crippen LogP contribution in [0.15, 0.2) is 16.9 Å². The van der Waals surface area contributed by atoms with E-state index in [0.29, 0.717) is 24.7 Å². The lowest BCUT2D eigenvalue weighted by Crippen LogP contribution is -2.04. The maximum absolute atomic E-state index is 11.8. The highest BCUT2D eigenvalue weighted by Gasteiger charge is 2.34. The lowest BCUT2D eigenvalue weighted by molar-refractivity contribution is -0.118. The van der Waals surface area contributed by atoms with Crippen LogP contribution in [0.25, 0.3) is 0 Å². The number of ketones is 1. The maximum Gasteiger partial charge on any atom is 0.140 e. The minimum absolute atomic E-state index is 0.0314. The molecule has 1 heterocycles. The number of carbonyl (C=O) groups excluding carboxylic acids is 1. The van der Waals surface area contributed by atoms with Gasteiger partial charge < -0.3 is 9.15 Å². The first-order chi connectivity index (χ1) is 7.22. The van der Waals surface area contributed by atoms with Gasteiger partial charge in [-0.25, -0.2) is 0 Å². The third kappa shape index (κ3) is 1.97. The Morgan fingerprint density at radius 2 is 2.33 bits per heavy atom. The Morgan fingerprint density at radius 3 is 2.93 bits per heavy atom. The SMILES string of the molecule is COCC1CC(=O)C(c2cocc2C)C1. The normalized spacial score (nSPS) is 26.1. The van der Waals surface area contributed by atoms with Gasteiger partial charge in [0, 0.05) is 31.6 Å². The lowest BCUT2D eigenvalue weighted by atomic mass is 9.95. The van der Waals surface area contributed by atoms with Crippen molar-refractivity contribution >= 4 is 5.78 Å². The molecule has 0 radical (unpaired) electrons. The maximum atomic E-state index is 11.8. The van der Waals surface area contributed by atoms with Gasteiger partial charge in [-0.15, -0.1) is 0 Å². The summed E-state index contributed by atoms with van der Waals surface area (Å²) in [5, 5.41) is 0. The van der Waals surface area contributed by atoms with Gasteiger partial charge in [0.2, 0.25) is 0 Å². The van der Waals surface area contributed by atoms with Crippen LogP contribution in [-0.4, -0.2) is 19.5 Å². The first-order valence-corrected chi connectivity index (χ1v) is 5.26. The second-order valence-corrected chi connectivity index (χ2v) is 4.29. The molecule has 1 aliphatic rings. The lowest BCUT2D eigenvalue weighted by Gasteiger charge is -2.08. The summed E-state index contributed by atoms with van der Waals surface area (Å²) in [5.41, 5.74) is 2.13. The molecule has 2 rings (SSSR count). The summed E-state index contributed by atoms with van der Waals surface area (Å²) < 4.78 is 10.2. The summed E-state index contributed by atoms with van der Waals surface area (Å²) >= 11 is 0. The van der Waals surface area contributed by atoms with Gasteiger partial charge in [-0.05, 0) is 24.8 Å². The standard InChI is InChI=1S/C12H16O3/c1-8-5-15-7-11(8)10-3-9(6-14-2)4-12(10)13/h5,7,9-10H,3-4,6H2,1-2H3. The smallest absolute Gasteiger partial charge is 0.140 e. The first-order valence-electron chi connectivity index (χ1n) is 5.26. The predicted molar refractivity (Wildman–Crippen MR) is 55.8 cm³/mol. The second-order valence-electron chi connectivity index (χ2n) is 4.29. The molecule has 1 saturated carbocycles. The largest absolute Gasteiger partial charge is 0.472 e. The number of hydrogen-bond donors (Lipinski definition) is 0. The highest BCUT2D eigenvalue weighted by molar-refractivity contribution is 5.88. The Hall–Kier alpha value is -1.09. The van der Waals surface area contributed by atoms with E-state index in [4.69, 9.17) is 9.15 Å². The van der Waals surface area contributed by atoms with E-state index >= 15 is 0 Å². The van der Waals surface area contributed by atoms with Crippen LogP contribution in [0.4, 0.5) is 0 Å². The topological polar surface area (TPSA) is 39.4 Å². The molecule has 0 spiro atoms. The van der Waals surface area contributed by atoms with Crippen molar-refractivity contribution in [1.82, 2.24) is 0 Å². The zero-order chi connectivity index (χ0) is 10.8. The molecule has 0 bridgehead atoms. The van der Waals surface area contributed by atoms with Gasteiger partial charge in [-0.1, -0.05) is 0 Å². The zero-order valence-corrected chi connectivity index (χ0v) is 9.16. The first kappa shape index (κ1) is 10.4. The van der Waals surface area contributed by atoms with Crippen LogP contribution in [0.2, 0.25) is 0 Å². The Bertz CT molecular complexity index is 354. The number of methoxy groups -OCH3 is 1. The summed E-state index contributed by atoms with van der Waals surface area (Å²) in [6.07, 6.45) is 4.94. The molecule has 0 amide bonds. The molecule has 1 fully saturated rings. The molecule has 2 atom stereocenters. The fourth-order valence-electron chi connectivity index (χ4n) is 2.37. The van der Waals surface area contributed by atoms with Gasteiger partial charge in [0.05, 0.1) is 12.5 Å². The van der Waals surface area contributed by atoms with E-state index < -0.39 is 0 Å². The van der Waals surface area contributed by atoms with Crippen molar-refractivity contribution in [1.29, 1.82) is 0 Å². The van der Waals surface area contributed by atoms with Gasteiger partial charge in [-0.3, -0.25) is 4.79 Å². The van der Waals surface area contributed by atoms with Crippen molar-refractivity contribution in [2.75, 3.05) is 13.7 Å². The molecule has 1 aromatic rings.